The Bertz CT molecular complexity index is 347. The molecular formula is C12H18N2O. The zero-order valence-corrected chi connectivity index (χ0v) is 9.63. The molecule has 0 radical (unpaired) electrons. The number of furan rings is 1. The highest BCUT2D eigenvalue weighted by Gasteiger charge is 2.15. The summed E-state index contributed by atoms with van der Waals surface area (Å²) < 4.78 is 5.44. The Balaban J connectivity index is 2.21. The van der Waals surface area contributed by atoms with Crippen molar-refractivity contribution in [1.82, 2.24) is 5.32 Å². The van der Waals surface area contributed by atoms with Gasteiger partial charge >= 0.3 is 0 Å². The van der Waals surface area contributed by atoms with E-state index in [1.54, 1.807) is 0 Å². The van der Waals surface area contributed by atoms with Crippen LogP contribution >= 0.6 is 0 Å². The van der Waals surface area contributed by atoms with Gasteiger partial charge in [-0.3, -0.25) is 0 Å². The van der Waals surface area contributed by atoms with Gasteiger partial charge in [-0.15, -0.1) is 0 Å². The first-order chi connectivity index (χ1) is 7.03. The minimum absolute atomic E-state index is 0.293. The number of aryl methyl sites for hydroxylation is 1. The molecule has 0 aromatic carbocycles. The van der Waals surface area contributed by atoms with E-state index in [0.717, 1.165) is 24.5 Å². The van der Waals surface area contributed by atoms with Gasteiger partial charge in [0.1, 0.15) is 11.5 Å². The first-order valence-corrected chi connectivity index (χ1v) is 5.21. The van der Waals surface area contributed by atoms with Crippen molar-refractivity contribution >= 4 is 0 Å². The van der Waals surface area contributed by atoms with Crippen molar-refractivity contribution in [3.8, 4) is 6.07 Å². The Morgan fingerprint density at radius 2 is 2.20 bits per heavy atom. The van der Waals surface area contributed by atoms with E-state index in [0.29, 0.717) is 6.54 Å². The summed E-state index contributed by atoms with van der Waals surface area (Å²) in [5, 5.41) is 12.1. The maximum Gasteiger partial charge on any atom is 0.105 e. The zero-order chi connectivity index (χ0) is 11.3. The van der Waals surface area contributed by atoms with Gasteiger partial charge in [0.05, 0.1) is 11.5 Å². The van der Waals surface area contributed by atoms with Crippen molar-refractivity contribution in [2.75, 3.05) is 13.1 Å². The minimum Gasteiger partial charge on any atom is -0.466 e. The van der Waals surface area contributed by atoms with Crippen LogP contribution in [0.4, 0.5) is 0 Å². The van der Waals surface area contributed by atoms with E-state index >= 15 is 0 Å². The van der Waals surface area contributed by atoms with Gasteiger partial charge in [-0.25, -0.2) is 0 Å². The van der Waals surface area contributed by atoms with Gasteiger partial charge in [-0.05, 0) is 32.9 Å². The summed E-state index contributed by atoms with van der Waals surface area (Å²) in [5.41, 5.74) is -0.293. The number of hydrogen-bond acceptors (Lipinski definition) is 3. The molecule has 0 amide bonds. The Hall–Kier alpha value is -1.27. The molecule has 1 heterocycles. The summed E-state index contributed by atoms with van der Waals surface area (Å²) >= 11 is 0. The van der Waals surface area contributed by atoms with Crippen molar-refractivity contribution < 1.29 is 4.42 Å². The molecule has 1 aromatic rings. The van der Waals surface area contributed by atoms with Crippen LogP contribution in [0.3, 0.4) is 0 Å². The smallest absolute Gasteiger partial charge is 0.105 e. The molecule has 0 aliphatic rings. The second-order valence-electron chi connectivity index (χ2n) is 4.43. The van der Waals surface area contributed by atoms with Crippen LogP contribution in [-0.2, 0) is 6.42 Å². The first kappa shape index (κ1) is 11.8. The zero-order valence-electron chi connectivity index (χ0n) is 9.63. The Kier molecular flexibility index (Phi) is 3.93. The average molecular weight is 206 g/mol. The van der Waals surface area contributed by atoms with Gasteiger partial charge < -0.3 is 9.73 Å². The van der Waals surface area contributed by atoms with Gasteiger partial charge in [0, 0.05) is 19.5 Å². The lowest BCUT2D eigenvalue weighted by atomic mass is 9.96. The molecule has 0 spiro atoms. The van der Waals surface area contributed by atoms with Crippen molar-refractivity contribution in [2.45, 2.75) is 27.2 Å². The van der Waals surface area contributed by atoms with Gasteiger partial charge in [0.25, 0.3) is 0 Å². The van der Waals surface area contributed by atoms with E-state index in [1.807, 2.05) is 32.9 Å². The van der Waals surface area contributed by atoms with Crippen LogP contribution in [0.1, 0.15) is 25.4 Å². The Morgan fingerprint density at radius 3 is 2.73 bits per heavy atom. The van der Waals surface area contributed by atoms with Crippen LogP contribution in [0.15, 0.2) is 16.5 Å². The monoisotopic (exact) mass is 206 g/mol. The highest BCUT2D eigenvalue weighted by atomic mass is 16.3. The van der Waals surface area contributed by atoms with E-state index in [2.05, 4.69) is 11.4 Å². The maximum absolute atomic E-state index is 8.81. The standard InChI is InChI=1S/C12H18N2O/c1-10-4-5-11(15-10)6-7-14-9-12(2,3)8-13/h4-5,14H,6-7,9H2,1-3H3. The third kappa shape index (κ3) is 4.18. The molecule has 82 valence electrons. The molecule has 15 heavy (non-hydrogen) atoms. The molecule has 1 rings (SSSR count). The summed E-state index contributed by atoms with van der Waals surface area (Å²) in [7, 11) is 0. The number of nitrogens with zero attached hydrogens (tertiary/aromatic N) is 1. The number of rotatable bonds is 5. The molecule has 0 fully saturated rings. The fourth-order valence-corrected chi connectivity index (χ4v) is 1.27. The van der Waals surface area contributed by atoms with Crippen LogP contribution in [-0.4, -0.2) is 13.1 Å². The molecule has 0 aliphatic carbocycles. The fraction of sp³-hybridized carbons (Fsp3) is 0.583. The van der Waals surface area contributed by atoms with Crippen LogP contribution in [0, 0.1) is 23.7 Å². The minimum atomic E-state index is -0.293. The molecule has 0 bridgehead atoms. The summed E-state index contributed by atoms with van der Waals surface area (Å²) in [5.74, 6) is 1.94. The second-order valence-corrected chi connectivity index (χ2v) is 4.43. The van der Waals surface area contributed by atoms with E-state index in [-0.39, 0.29) is 5.41 Å². The summed E-state index contributed by atoms with van der Waals surface area (Å²) in [6, 6.07) is 6.22. The Labute approximate surface area is 91.1 Å². The third-order valence-electron chi connectivity index (χ3n) is 2.21. The van der Waals surface area contributed by atoms with Crippen molar-refractivity contribution in [3.63, 3.8) is 0 Å². The molecular weight excluding hydrogens is 188 g/mol. The predicted octanol–water partition coefficient (Wildman–Crippen LogP) is 2.27. The van der Waals surface area contributed by atoms with Crippen molar-refractivity contribution in [1.29, 1.82) is 5.26 Å². The highest BCUT2D eigenvalue weighted by Crippen LogP contribution is 2.11. The van der Waals surface area contributed by atoms with E-state index in [1.165, 1.54) is 0 Å². The maximum atomic E-state index is 8.81. The normalized spacial score (nSPS) is 11.3. The summed E-state index contributed by atoms with van der Waals surface area (Å²) in [6.45, 7) is 7.35. The van der Waals surface area contributed by atoms with Crippen molar-refractivity contribution in [2.24, 2.45) is 5.41 Å². The van der Waals surface area contributed by atoms with Gasteiger partial charge in [-0.2, -0.15) is 5.26 Å². The number of hydrogen-bond donors (Lipinski definition) is 1. The average Bonchev–Trinajstić information content (AvgIpc) is 2.59. The molecule has 3 nitrogen and oxygen atoms in total. The van der Waals surface area contributed by atoms with E-state index in [9.17, 15) is 0 Å². The van der Waals surface area contributed by atoms with Gasteiger partial charge in [-0.1, -0.05) is 0 Å². The Morgan fingerprint density at radius 1 is 1.47 bits per heavy atom. The number of nitriles is 1. The SMILES string of the molecule is Cc1ccc(CCNCC(C)(C)C#N)o1. The molecule has 3 heteroatoms. The van der Waals surface area contributed by atoms with Crippen LogP contribution < -0.4 is 5.32 Å². The van der Waals surface area contributed by atoms with Gasteiger partial charge in [0.15, 0.2) is 0 Å². The topological polar surface area (TPSA) is 49.0 Å². The number of nitrogens with one attached hydrogen (secondary N) is 1. The van der Waals surface area contributed by atoms with Crippen LogP contribution in [0.25, 0.3) is 0 Å². The van der Waals surface area contributed by atoms with E-state index in [4.69, 9.17) is 9.68 Å². The highest BCUT2D eigenvalue weighted by molar-refractivity contribution is 5.05. The summed E-state index contributed by atoms with van der Waals surface area (Å²) in [4.78, 5) is 0. The van der Waals surface area contributed by atoms with Gasteiger partial charge in [0.2, 0.25) is 0 Å². The predicted molar refractivity (Wildman–Crippen MR) is 59.4 cm³/mol. The fourth-order valence-electron chi connectivity index (χ4n) is 1.27. The first-order valence-electron chi connectivity index (χ1n) is 5.21. The molecule has 0 atom stereocenters. The molecule has 0 unspecified atom stereocenters. The molecule has 0 aliphatic heterocycles. The lowest BCUT2D eigenvalue weighted by molar-refractivity contribution is 0.431. The quantitative estimate of drug-likeness (QED) is 0.752. The summed E-state index contributed by atoms with van der Waals surface area (Å²) in [6.07, 6.45) is 0.870. The second kappa shape index (κ2) is 4.99. The molecule has 0 saturated heterocycles. The third-order valence-corrected chi connectivity index (χ3v) is 2.21. The lowest BCUT2D eigenvalue weighted by Gasteiger charge is -2.15. The molecule has 1 N–H and O–H groups in total. The molecule has 0 saturated carbocycles. The van der Waals surface area contributed by atoms with E-state index < -0.39 is 0 Å². The molecule has 1 aromatic heterocycles. The van der Waals surface area contributed by atoms with Crippen LogP contribution in [0.5, 0.6) is 0 Å². The van der Waals surface area contributed by atoms with Crippen LogP contribution in [0.2, 0.25) is 0 Å². The van der Waals surface area contributed by atoms with Crippen molar-refractivity contribution in [3.05, 3.63) is 23.7 Å². The lowest BCUT2D eigenvalue weighted by Crippen LogP contribution is -2.29. The largest absolute Gasteiger partial charge is 0.466 e.